The van der Waals surface area contributed by atoms with Gasteiger partial charge in [0.05, 0.1) is 35.9 Å². The van der Waals surface area contributed by atoms with Crippen LogP contribution in [0.5, 0.6) is 5.75 Å². The molecule has 0 spiro atoms. The highest BCUT2D eigenvalue weighted by Gasteiger charge is 2.49. The van der Waals surface area contributed by atoms with E-state index in [2.05, 4.69) is 10.6 Å². The van der Waals surface area contributed by atoms with E-state index >= 15 is 0 Å². The van der Waals surface area contributed by atoms with Crippen LogP contribution in [0.25, 0.3) is 11.1 Å². The Kier molecular flexibility index (Phi) is 14.4. The molecule has 1 aromatic heterocycles. The van der Waals surface area contributed by atoms with Gasteiger partial charge in [0, 0.05) is 52.6 Å². The van der Waals surface area contributed by atoms with Crippen LogP contribution in [0.4, 0.5) is 4.79 Å². The minimum Gasteiger partial charge on any atom is -0.490 e. The van der Waals surface area contributed by atoms with Gasteiger partial charge in [0.15, 0.2) is 0 Å². The molecule has 0 aliphatic heterocycles. The van der Waals surface area contributed by atoms with Crippen LogP contribution in [0, 0.1) is 0 Å². The molecule has 0 bridgehead atoms. The molecule has 17 heteroatoms. The van der Waals surface area contributed by atoms with Crippen molar-refractivity contribution in [2.75, 3.05) is 26.2 Å². The number of pyridine rings is 1. The first-order valence-corrected chi connectivity index (χ1v) is 20.3. The Labute approximate surface area is 326 Å². The first kappa shape index (κ1) is 42.6. The van der Waals surface area contributed by atoms with Crippen molar-refractivity contribution in [2.24, 2.45) is 0 Å². The van der Waals surface area contributed by atoms with Gasteiger partial charge in [-0.3, -0.25) is 5.21 Å². The molecule has 1 heterocycles. The van der Waals surface area contributed by atoms with E-state index in [1.807, 2.05) is 30.3 Å². The van der Waals surface area contributed by atoms with Crippen LogP contribution in [-0.2, 0) is 27.0 Å². The van der Waals surface area contributed by atoms with Gasteiger partial charge >= 0.3 is 6.03 Å². The van der Waals surface area contributed by atoms with E-state index in [0.29, 0.717) is 36.3 Å². The second-order valence-corrected chi connectivity index (χ2v) is 16.7. The summed E-state index contributed by atoms with van der Waals surface area (Å²) < 4.78 is 43.0. The predicted molar refractivity (Wildman–Crippen MR) is 201 cm³/mol. The van der Waals surface area contributed by atoms with E-state index in [1.165, 1.54) is 16.4 Å². The molecule has 4 atom stereocenters. The normalized spacial score (nSPS) is 17.4. The van der Waals surface area contributed by atoms with E-state index in [-0.39, 0.29) is 36.7 Å². The van der Waals surface area contributed by atoms with Gasteiger partial charge in [-0.1, -0.05) is 29.8 Å². The highest BCUT2D eigenvalue weighted by Crippen LogP contribution is 2.53. The fraction of sp³-hybridized carbons (Fsp3) is 0.526. The zero-order chi connectivity index (χ0) is 39.9. The van der Waals surface area contributed by atoms with Gasteiger partial charge in [-0.25, -0.2) is 13.2 Å². The highest BCUT2D eigenvalue weighted by atomic mass is 35.5. The first-order chi connectivity index (χ1) is 26.2. The van der Waals surface area contributed by atoms with Gasteiger partial charge in [0.2, 0.25) is 22.4 Å². The summed E-state index contributed by atoms with van der Waals surface area (Å²) in [4.78, 5) is 12.2. The van der Waals surface area contributed by atoms with E-state index in [1.54, 1.807) is 32.3 Å². The molecule has 2 amide bonds. The molecule has 302 valence electrons. The number of amides is 2. The molecule has 2 saturated carbocycles. The number of aliphatic hydroxyl groups excluding tert-OH is 5. The van der Waals surface area contributed by atoms with Crippen molar-refractivity contribution in [3.63, 3.8) is 0 Å². The van der Waals surface area contributed by atoms with Crippen LogP contribution in [-0.4, -0.2) is 112 Å². The number of aromatic nitrogens is 1. The first-order valence-electron chi connectivity index (χ1n) is 18.5. The third-order valence-corrected chi connectivity index (χ3v) is 12.2. The number of urea groups is 1. The summed E-state index contributed by atoms with van der Waals surface area (Å²) >= 11 is 6.60. The van der Waals surface area contributed by atoms with Gasteiger partial charge in [-0.15, -0.1) is 0 Å². The minimum atomic E-state index is -3.97. The Balaban J connectivity index is 1.18. The van der Waals surface area contributed by atoms with E-state index in [0.717, 1.165) is 40.0 Å². The smallest absolute Gasteiger partial charge is 0.314 e. The molecular weight excluding hydrogens is 756 g/mol. The number of nitrogens with one attached hydrogen (secondary N) is 2. The van der Waals surface area contributed by atoms with Crippen LogP contribution in [0.1, 0.15) is 63.5 Å². The summed E-state index contributed by atoms with van der Waals surface area (Å²) in [5, 5.41) is 63.6. The molecule has 8 N–H and O–H groups in total. The molecule has 0 saturated heterocycles. The number of benzene rings is 2. The Morgan fingerprint density at radius 2 is 1.71 bits per heavy atom. The van der Waals surface area contributed by atoms with Gasteiger partial charge in [-0.2, -0.15) is 4.31 Å². The summed E-state index contributed by atoms with van der Waals surface area (Å²) in [6.45, 7) is 2.67. The highest BCUT2D eigenvalue weighted by molar-refractivity contribution is 7.89. The Morgan fingerprint density at radius 3 is 2.38 bits per heavy atom. The van der Waals surface area contributed by atoms with Gasteiger partial charge < -0.3 is 45.6 Å². The molecule has 3 aromatic rings. The van der Waals surface area contributed by atoms with E-state index < -0.39 is 59.2 Å². The Morgan fingerprint density at radius 1 is 1.00 bits per heavy atom. The van der Waals surface area contributed by atoms with Crippen molar-refractivity contribution in [1.29, 1.82) is 0 Å². The average molecular weight is 808 g/mol. The molecule has 2 aliphatic carbocycles. The number of para-hydroxylation sites is 1. The second kappa shape index (κ2) is 18.6. The lowest BCUT2D eigenvalue weighted by atomic mass is 9.96. The third-order valence-electron chi connectivity index (χ3n) is 9.73. The molecule has 5 rings (SSSR count). The van der Waals surface area contributed by atoms with Crippen LogP contribution < -0.4 is 20.1 Å². The SMILES string of the molecule is CC(C)N(CCCCNC(=O)NCC(O)C(O)C(O)C(O)CO)S(=O)(=O)c1ccc(Cl)c(COC2(c3c[n+](O)ccc3-c3ccccc3OC3CC3)CC2)c1. The lowest BCUT2D eigenvalue weighted by molar-refractivity contribution is -0.905. The number of aliphatic hydroxyl groups is 5. The second-order valence-electron chi connectivity index (χ2n) is 14.4. The monoisotopic (exact) mass is 807 g/mol. The molecule has 15 nitrogen and oxygen atoms in total. The number of unbranched alkanes of at least 4 members (excludes halogenated alkanes) is 1. The van der Waals surface area contributed by atoms with Crippen LogP contribution >= 0.6 is 11.6 Å². The molecular formula is C38H52ClN4O11S+. The van der Waals surface area contributed by atoms with E-state index in [4.69, 9.17) is 26.2 Å². The summed E-state index contributed by atoms with van der Waals surface area (Å²) in [7, 11) is -3.97. The lowest BCUT2D eigenvalue weighted by Crippen LogP contribution is -2.50. The zero-order valence-electron chi connectivity index (χ0n) is 30.9. The summed E-state index contributed by atoms with van der Waals surface area (Å²) in [5.41, 5.74) is 2.32. The molecule has 0 radical (unpaired) electrons. The van der Waals surface area contributed by atoms with Gasteiger partial charge in [0.1, 0.15) is 29.7 Å². The van der Waals surface area contributed by atoms with E-state index in [9.17, 15) is 38.8 Å². The number of hydrogen-bond donors (Lipinski definition) is 8. The molecule has 55 heavy (non-hydrogen) atoms. The number of nitrogens with zero attached hydrogens (tertiary/aromatic N) is 2. The van der Waals surface area contributed by atoms with Crippen molar-refractivity contribution in [3.05, 3.63) is 77.1 Å². The maximum atomic E-state index is 13.9. The standard InChI is InChI=1S/C38H51ClN4O11S/c1-24(2)43(17-6-5-16-40-37(49)41-20-32(45)35(47)36(48)33(46)22-44)55(51,52)27-11-12-31(39)25(19-27)23-53-38(14-15-38)30-21-42(50)18-13-28(30)29-7-3-4-8-34(29)54-26-9-10-26/h3-4,7-8,11-13,18-19,21,24,26,32-33,35-36,44-48H,5-6,9-10,14-17,20,22-23H2,1-2H3,(H2-,40,41,49,50)/p+1. The summed E-state index contributed by atoms with van der Waals surface area (Å²) in [5.74, 6) is 0.763. The van der Waals surface area contributed by atoms with Crippen LogP contribution in [0.2, 0.25) is 5.02 Å². The summed E-state index contributed by atoms with van der Waals surface area (Å²) in [6.07, 6.45) is 0.766. The minimum absolute atomic E-state index is 0.0266. The van der Waals surface area contributed by atoms with Gasteiger partial charge in [0.25, 0.3) is 0 Å². The molecule has 4 unspecified atom stereocenters. The number of hydrogen-bond acceptors (Lipinski definition) is 11. The van der Waals surface area contributed by atoms with Crippen molar-refractivity contribution < 1.29 is 58.2 Å². The lowest BCUT2D eigenvalue weighted by Gasteiger charge is -2.26. The van der Waals surface area contributed by atoms with Crippen molar-refractivity contribution in [3.8, 4) is 16.9 Å². The molecule has 2 fully saturated rings. The maximum Gasteiger partial charge on any atom is 0.314 e. The quantitative estimate of drug-likeness (QED) is 0.0443. The number of carbonyl (C=O) groups excluding carboxylic acids is 1. The van der Waals surface area contributed by atoms with Gasteiger partial charge in [-0.05, 0) is 82.2 Å². The fourth-order valence-corrected chi connectivity index (χ4v) is 8.11. The van der Waals surface area contributed by atoms with Crippen molar-refractivity contribution in [2.45, 2.75) is 106 Å². The predicted octanol–water partition coefficient (Wildman–Crippen LogP) is 2.19. The Hall–Kier alpha value is -3.58. The third kappa shape index (κ3) is 10.8. The average Bonchev–Trinajstić information content (AvgIpc) is 4.11. The topological polar surface area (TPSA) is 222 Å². The summed E-state index contributed by atoms with van der Waals surface area (Å²) in [6, 6.07) is 13.1. The van der Waals surface area contributed by atoms with Crippen LogP contribution in [0.15, 0.2) is 65.8 Å². The fourth-order valence-electron chi connectivity index (χ4n) is 6.21. The van der Waals surface area contributed by atoms with Crippen molar-refractivity contribution in [1.82, 2.24) is 14.9 Å². The molecule has 2 aliphatic rings. The maximum absolute atomic E-state index is 13.9. The molecule has 2 aromatic carbocycles. The zero-order valence-corrected chi connectivity index (χ0v) is 32.5. The van der Waals surface area contributed by atoms with Crippen molar-refractivity contribution >= 4 is 27.7 Å². The number of sulfonamides is 1. The Bertz CT molecular complexity index is 1880. The van der Waals surface area contributed by atoms with Crippen LogP contribution in [0.3, 0.4) is 0 Å². The number of ether oxygens (including phenoxy) is 2. The number of halogens is 1. The number of rotatable bonds is 21. The largest absolute Gasteiger partial charge is 0.490 e. The number of carbonyl (C=O) groups is 1.